The number of nitrogens with zero attached hydrogens (tertiary/aromatic N) is 2. The normalized spacial score (nSPS) is 34.4. The summed E-state index contributed by atoms with van der Waals surface area (Å²) in [5.41, 5.74) is -0.190. The molecule has 26 heavy (non-hydrogen) atoms. The number of amides is 1. The van der Waals surface area contributed by atoms with E-state index in [4.69, 9.17) is 0 Å². The molecule has 1 aliphatic heterocycles. The number of nitrogens with one attached hydrogen (secondary N) is 1. The van der Waals surface area contributed by atoms with Crippen molar-refractivity contribution in [1.82, 2.24) is 14.9 Å². The van der Waals surface area contributed by atoms with Gasteiger partial charge in [-0.2, -0.15) is 13.2 Å². The number of piperidine rings is 1. The second-order valence-corrected chi connectivity index (χ2v) is 8.73. The first kappa shape index (κ1) is 16.1. The average molecular weight is 363 g/mol. The first-order chi connectivity index (χ1) is 12.1. The summed E-state index contributed by atoms with van der Waals surface area (Å²) in [5.74, 6) is 0.259. The lowest BCUT2D eigenvalue weighted by molar-refractivity contribution is -0.136. The second-order valence-electron chi connectivity index (χ2n) is 8.73. The lowest BCUT2D eigenvalue weighted by Gasteiger charge is -2.38. The smallest absolute Gasteiger partial charge is 0.335 e. The number of aromatic amines is 1. The highest BCUT2D eigenvalue weighted by molar-refractivity contribution is 6.00. The van der Waals surface area contributed by atoms with Crippen molar-refractivity contribution in [2.24, 2.45) is 16.7 Å². The number of hydrogen-bond acceptors (Lipinski definition) is 2. The molecule has 0 spiro atoms. The summed E-state index contributed by atoms with van der Waals surface area (Å²) in [6.45, 7) is 6.81. The Kier molecular flexibility index (Phi) is 2.75. The number of pyridine rings is 1. The zero-order valence-corrected chi connectivity index (χ0v) is 14.8. The van der Waals surface area contributed by atoms with Crippen LogP contribution in [0.4, 0.5) is 13.2 Å². The van der Waals surface area contributed by atoms with Gasteiger partial charge in [0.15, 0.2) is 0 Å². The maximum absolute atomic E-state index is 13.2. The van der Waals surface area contributed by atoms with Gasteiger partial charge in [0.1, 0.15) is 11.3 Å². The van der Waals surface area contributed by atoms with Crippen LogP contribution in [0.15, 0.2) is 18.3 Å². The fraction of sp³-hybridized carbons (Fsp3) is 0.579. The molecule has 1 N–H and O–H groups in total. The SMILES string of the molecule is CC1(C)C2CCC1(C)C1C2N1C(=O)c1cc2c(C(F)(F)F)ccnc2[nH]1. The minimum atomic E-state index is -4.48. The van der Waals surface area contributed by atoms with Crippen LogP contribution in [0.25, 0.3) is 11.0 Å². The Hall–Kier alpha value is -2.05. The molecular weight excluding hydrogens is 343 g/mol. The zero-order chi connectivity index (χ0) is 18.6. The number of carbonyl (C=O) groups is 1. The highest BCUT2D eigenvalue weighted by Gasteiger charge is 2.78. The van der Waals surface area contributed by atoms with Crippen LogP contribution in [-0.2, 0) is 6.18 Å². The van der Waals surface area contributed by atoms with E-state index in [1.165, 1.54) is 6.07 Å². The first-order valence-corrected chi connectivity index (χ1v) is 8.95. The van der Waals surface area contributed by atoms with Gasteiger partial charge in [-0.25, -0.2) is 4.98 Å². The molecule has 1 amide bonds. The summed E-state index contributed by atoms with van der Waals surface area (Å²) >= 11 is 0. The first-order valence-electron chi connectivity index (χ1n) is 8.95. The molecule has 2 aromatic rings. The molecule has 4 atom stereocenters. The summed E-state index contributed by atoms with van der Waals surface area (Å²) in [4.78, 5) is 21.6. The number of hydrogen-bond donors (Lipinski definition) is 1. The summed E-state index contributed by atoms with van der Waals surface area (Å²) in [6, 6.07) is 2.67. The Morgan fingerprint density at radius 3 is 2.69 bits per heavy atom. The van der Waals surface area contributed by atoms with E-state index < -0.39 is 11.7 Å². The van der Waals surface area contributed by atoms with E-state index in [2.05, 4.69) is 30.7 Å². The molecule has 4 unspecified atom stereocenters. The van der Waals surface area contributed by atoms with Gasteiger partial charge in [-0.05, 0) is 41.7 Å². The molecule has 3 aliphatic rings. The predicted molar refractivity (Wildman–Crippen MR) is 89.5 cm³/mol. The van der Waals surface area contributed by atoms with Crippen LogP contribution in [0, 0.1) is 16.7 Å². The molecule has 3 heterocycles. The standard InChI is InChI=1S/C19H20F3N3O/c1-17(2)11-4-6-18(17,3)14-13(11)25(14)16(26)12-8-9-10(19(20,21)22)5-7-23-15(9)24-12/h5,7-8,11,13-14H,4,6H2,1-3H3,(H,23,24). The van der Waals surface area contributed by atoms with Gasteiger partial charge in [0.05, 0.1) is 17.6 Å². The van der Waals surface area contributed by atoms with Crippen molar-refractivity contribution in [3.8, 4) is 0 Å². The highest BCUT2D eigenvalue weighted by atomic mass is 19.4. The van der Waals surface area contributed by atoms with Gasteiger partial charge in [0.2, 0.25) is 0 Å². The van der Waals surface area contributed by atoms with Crippen LogP contribution in [0.2, 0.25) is 0 Å². The zero-order valence-electron chi connectivity index (χ0n) is 14.8. The van der Waals surface area contributed by atoms with Gasteiger partial charge in [0.25, 0.3) is 5.91 Å². The highest BCUT2D eigenvalue weighted by Crippen LogP contribution is 2.73. The molecule has 3 fully saturated rings. The van der Waals surface area contributed by atoms with Gasteiger partial charge in [0, 0.05) is 11.6 Å². The Bertz CT molecular complexity index is 947. The summed E-state index contributed by atoms with van der Waals surface area (Å²) < 4.78 is 39.6. The van der Waals surface area contributed by atoms with Gasteiger partial charge < -0.3 is 9.88 Å². The second kappa shape index (κ2) is 4.43. The lowest BCUT2D eigenvalue weighted by Crippen LogP contribution is -2.38. The summed E-state index contributed by atoms with van der Waals surface area (Å²) in [5, 5.41) is -0.0510. The molecule has 7 heteroatoms. The Morgan fingerprint density at radius 2 is 2.08 bits per heavy atom. The molecule has 2 aliphatic carbocycles. The fourth-order valence-electron chi connectivity index (χ4n) is 5.83. The van der Waals surface area contributed by atoms with E-state index >= 15 is 0 Å². The Morgan fingerprint density at radius 1 is 1.35 bits per heavy atom. The van der Waals surface area contributed by atoms with Crippen molar-refractivity contribution in [2.45, 2.75) is 51.9 Å². The number of alkyl halides is 3. The van der Waals surface area contributed by atoms with Crippen molar-refractivity contribution < 1.29 is 18.0 Å². The van der Waals surface area contributed by atoms with Crippen LogP contribution in [0.5, 0.6) is 0 Å². The molecule has 2 bridgehead atoms. The van der Waals surface area contributed by atoms with Gasteiger partial charge in [-0.1, -0.05) is 20.8 Å². The quantitative estimate of drug-likeness (QED) is 0.771. The number of rotatable bonds is 1. The molecule has 138 valence electrons. The van der Waals surface area contributed by atoms with E-state index in [1.54, 1.807) is 0 Å². The van der Waals surface area contributed by atoms with Crippen LogP contribution in [-0.4, -0.2) is 32.9 Å². The molecule has 4 nitrogen and oxygen atoms in total. The molecule has 1 saturated heterocycles. The van der Waals surface area contributed by atoms with Crippen LogP contribution < -0.4 is 0 Å². The molecule has 2 aromatic heterocycles. The summed E-state index contributed by atoms with van der Waals surface area (Å²) in [6.07, 6.45) is -1.15. The van der Waals surface area contributed by atoms with Gasteiger partial charge in [-0.15, -0.1) is 0 Å². The number of fused-ring (bicyclic) bond motifs is 6. The lowest BCUT2D eigenvalue weighted by atomic mass is 9.69. The number of aromatic nitrogens is 2. The van der Waals surface area contributed by atoms with E-state index in [0.29, 0.717) is 5.92 Å². The maximum Gasteiger partial charge on any atom is 0.417 e. The maximum atomic E-state index is 13.2. The van der Waals surface area contributed by atoms with Crippen LogP contribution >= 0.6 is 0 Å². The van der Waals surface area contributed by atoms with Gasteiger partial charge in [-0.3, -0.25) is 4.79 Å². The molecule has 0 aromatic carbocycles. The molecule has 0 radical (unpaired) electrons. The van der Waals surface area contributed by atoms with Crippen molar-refractivity contribution in [1.29, 1.82) is 0 Å². The van der Waals surface area contributed by atoms with Crippen molar-refractivity contribution in [3.05, 3.63) is 29.6 Å². The Balaban J connectivity index is 1.51. The minimum absolute atomic E-state index is 0.0510. The third-order valence-corrected chi connectivity index (χ3v) is 7.60. The monoisotopic (exact) mass is 363 g/mol. The van der Waals surface area contributed by atoms with E-state index in [9.17, 15) is 18.0 Å². The molecular formula is C19H20F3N3O. The largest absolute Gasteiger partial charge is 0.417 e. The predicted octanol–water partition coefficient (Wildman–Crippen LogP) is 4.23. The number of likely N-dealkylation sites (tertiary alicyclic amines) is 1. The molecule has 5 rings (SSSR count). The van der Waals surface area contributed by atoms with Crippen molar-refractivity contribution in [2.75, 3.05) is 0 Å². The third kappa shape index (κ3) is 1.71. The Labute approximate surface area is 148 Å². The topological polar surface area (TPSA) is 48.8 Å². The number of halogens is 3. The van der Waals surface area contributed by atoms with Crippen molar-refractivity contribution >= 4 is 16.9 Å². The van der Waals surface area contributed by atoms with E-state index in [0.717, 1.165) is 25.1 Å². The van der Waals surface area contributed by atoms with Gasteiger partial charge >= 0.3 is 6.18 Å². The minimum Gasteiger partial charge on any atom is -0.335 e. The molecule has 2 saturated carbocycles. The average Bonchev–Trinajstić information content (AvgIpc) is 3.01. The number of H-pyrrole nitrogens is 1. The van der Waals surface area contributed by atoms with Crippen LogP contribution in [0.1, 0.15) is 49.7 Å². The third-order valence-electron chi connectivity index (χ3n) is 7.60. The summed E-state index contributed by atoms with van der Waals surface area (Å²) in [7, 11) is 0. The fourth-order valence-corrected chi connectivity index (χ4v) is 5.83. The van der Waals surface area contributed by atoms with E-state index in [-0.39, 0.29) is 45.5 Å². The van der Waals surface area contributed by atoms with Crippen molar-refractivity contribution in [3.63, 3.8) is 0 Å². The van der Waals surface area contributed by atoms with E-state index in [1.807, 2.05) is 4.90 Å². The van der Waals surface area contributed by atoms with Crippen LogP contribution in [0.3, 0.4) is 0 Å². The number of carbonyl (C=O) groups excluding carboxylic acids is 1.